The molecule has 0 bridgehead atoms. The molecule has 0 saturated carbocycles. The summed E-state index contributed by atoms with van der Waals surface area (Å²) >= 11 is 0. The highest BCUT2D eigenvalue weighted by molar-refractivity contribution is 5.66. The first-order valence-corrected chi connectivity index (χ1v) is 6.55. The molecule has 0 aliphatic heterocycles. The molecule has 0 radical (unpaired) electrons. The number of carboxylic acids is 1. The minimum Gasteiger partial charge on any atom is -0.481 e. The topological polar surface area (TPSA) is 57.5 Å². The number of carboxylic acid groups (broad SMARTS) is 1. The average Bonchev–Trinajstić information content (AvgIpc) is 2.32. The zero-order valence-electron chi connectivity index (χ0n) is 11.1. The third kappa shape index (κ3) is 12.7. The second kappa shape index (κ2) is 12.1. The molecule has 0 amide bonds. The molecule has 0 fully saturated rings. The minimum absolute atomic E-state index is 0.242. The minimum atomic E-state index is -0.734. The number of carbonyl (C=O) groups is 1. The number of hydrogen-bond donors (Lipinski definition) is 2. The first-order valence-electron chi connectivity index (χ1n) is 6.55. The van der Waals surface area contributed by atoms with Gasteiger partial charge in [-0.05, 0) is 32.1 Å². The molecule has 102 valence electrons. The third-order valence-electron chi connectivity index (χ3n) is 2.37. The van der Waals surface area contributed by atoms with Gasteiger partial charge in [0.15, 0.2) is 0 Å². The van der Waals surface area contributed by atoms with Gasteiger partial charge in [0, 0.05) is 6.42 Å². The summed E-state index contributed by atoms with van der Waals surface area (Å²) in [5.41, 5.74) is 0. The molecule has 0 saturated heterocycles. The van der Waals surface area contributed by atoms with Gasteiger partial charge in [-0.2, -0.15) is 0 Å². The molecule has 1 atom stereocenters. The lowest BCUT2D eigenvalue weighted by Gasteiger charge is -1.98. The Morgan fingerprint density at radius 2 is 1.94 bits per heavy atom. The van der Waals surface area contributed by atoms with E-state index < -0.39 is 12.1 Å². The molecular weight excluding hydrogens is 228 g/mol. The number of unbranched alkanes of at least 4 members (excludes halogenated alkanes) is 2. The Morgan fingerprint density at radius 1 is 1.17 bits per heavy atom. The molecule has 0 aliphatic rings. The number of aliphatic carboxylic acids is 1. The van der Waals surface area contributed by atoms with E-state index in [9.17, 15) is 9.90 Å². The summed E-state index contributed by atoms with van der Waals surface area (Å²) in [5.74, 6) is -0.734. The number of allylic oxidation sites excluding steroid dienone is 4. The standard InChI is InChI=1S/C15H24O3/c1-2-3-8-11-14(16)12-9-6-4-5-7-10-13-15(17)18/h3-4,6,8-9,12,14,16H,2,5,7,10-11,13H2,1H3,(H,17,18). The maximum absolute atomic E-state index is 10.3. The molecule has 0 aromatic rings. The molecule has 0 aromatic heterocycles. The van der Waals surface area contributed by atoms with Crippen molar-refractivity contribution in [1.29, 1.82) is 0 Å². The Hall–Kier alpha value is -1.35. The molecule has 0 spiro atoms. The van der Waals surface area contributed by atoms with Crippen LogP contribution in [0.2, 0.25) is 0 Å². The van der Waals surface area contributed by atoms with Crippen LogP contribution < -0.4 is 0 Å². The van der Waals surface area contributed by atoms with Crippen molar-refractivity contribution in [1.82, 2.24) is 0 Å². The number of aliphatic hydroxyl groups excluding tert-OH is 1. The first kappa shape index (κ1) is 16.6. The average molecular weight is 252 g/mol. The Morgan fingerprint density at radius 3 is 2.61 bits per heavy atom. The van der Waals surface area contributed by atoms with E-state index in [1.165, 1.54) is 0 Å². The van der Waals surface area contributed by atoms with Crippen molar-refractivity contribution in [2.75, 3.05) is 0 Å². The molecular formula is C15H24O3. The highest BCUT2D eigenvalue weighted by Crippen LogP contribution is 2.01. The lowest BCUT2D eigenvalue weighted by Crippen LogP contribution is -1.98. The van der Waals surface area contributed by atoms with Crippen LogP contribution in [0.25, 0.3) is 0 Å². The SMILES string of the molecule is CCC=CCC(O)C=CC=CCCCCC(=O)O. The third-order valence-corrected chi connectivity index (χ3v) is 2.37. The summed E-state index contributed by atoms with van der Waals surface area (Å²) in [6, 6.07) is 0. The largest absolute Gasteiger partial charge is 0.481 e. The van der Waals surface area contributed by atoms with Crippen LogP contribution in [0.3, 0.4) is 0 Å². The smallest absolute Gasteiger partial charge is 0.303 e. The van der Waals surface area contributed by atoms with Crippen LogP contribution in [0.15, 0.2) is 36.5 Å². The van der Waals surface area contributed by atoms with Crippen LogP contribution in [-0.2, 0) is 4.79 Å². The highest BCUT2D eigenvalue weighted by Gasteiger charge is 1.94. The van der Waals surface area contributed by atoms with Crippen LogP contribution in [0.5, 0.6) is 0 Å². The summed E-state index contributed by atoms with van der Waals surface area (Å²) in [5, 5.41) is 18.0. The van der Waals surface area contributed by atoms with Crippen LogP contribution in [0, 0.1) is 0 Å². The van der Waals surface area contributed by atoms with Gasteiger partial charge in [-0.25, -0.2) is 0 Å². The van der Waals surface area contributed by atoms with Gasteiger partial charge in [0.05, 0.1) is 6.10 Å². The van der Waals surface area contributed by atoms with E-state index in [0.717, 1.165) is 19.3 Å². The zero-order chi connectivity index (χ0) is 13.6. The molecule has 0 rings (SSSR count). The fraction of sp³-hybridized carbons (Fsp3) is 0.533. The van der Waals surface area contributed by atoms with Crippen LogP contribution >= 0.6 is 0 Å². The fourth-order valence-electron chi connectivity index (χ4n) is 1.39. The maximum atomic E-state index is 10.3. The summed E-state index contributed by atoms with van der Waals surface area (Å²) in [6.07, 6.45) is 15.4. The van der Waals surface area contributed by atoms with Crippen molar-refractivity contribution in [3.8, 4) is 0 Å². The van der Waals surface area contributed by atoms with Gasteiger partial charge < -0.3 is 10.2 Å². The molecule has 0 aromatic carbocycles. The van der Waals surface area contributed by atoms with Crippen molar-refractivity contribution >= 4 is 5.97 Å². The highest BCUT2D eigenvalue weighted by atomic mass is 16.4. The Bertz CT molecular complexity index is 290. The second-order valence-corrected chi connectivity index (χ2v) is 4.14. The van der Waals surface area contributed by atoms with Crippen LogP contribution in [-0.4, -0.2) is 22.3 Å². The van der Waals surface area contributed by atoms with Crippen molar-refractivity contribution in [3.05, 3.63) is 36.5 Å². The van der Waals surface area contributed by atoms with Crippen molar-refractivity contribution in [2.24, 2.45) is 0 Å². The number of rotatable bonds is 10. The van der Waals surface area contributed by atoms with E-state index in [1.807, 2.05) is 30.4 Å². The lowest BCUT2D eigenvalue weighted by molar-refractivity contribution is -0.137. The molecule has 2 N–H and O–H groups in total. The van der Waals surface area contributed by atoms with E-state index in [0.29, 0.717) is 12.8 Å². The van der Waals surface area contributed by atoms with Crippen LogP contribution in [0.4, 0.5) is 0 Å². The predicted molar refractivity (Wildman–Crippen MR) is 74.4 cm³/mol. The summed E-state index contributed by atoms with van der Waals surface area (Å²) in [6.45, 7) is 2.06. The number of hydrogen-bond acceptors (Lipinski definition) is 2. The monoisotopic (exact) mass is 252 g/mol. The summed E-state index contributed by atoms with van der Waals surface area (Å²) < 4.78 is 0. The van der Waals surface area contributed by atoms with Crippen molar-refractivity contribution < 1.29 is 15.0 Å². The summed E-state index contributed by atoms with van der Waals surface area (Å²) in [4.78, 5) is 10.3. The predicted octanol–water partition coefficient (Wildman–Crippen LogP) is 3.46. The van der Waals surface area contributed by atoms with Gasteiger partial charge in [-0.15, -0.1) is 0 Å². The molecule has 3 heteroatoms. The van der Waals surface area contributed by atoms with Crippen molar-refractivity contribution in [3.63, 3.8) is 0 Å². The zero-order valence-corrected chi connectivity index (χ0v) is 11.1. The van der Waals surface area contributed by atoms with E-state index in [-0.39, 0.29) is 6.42 Å². The Kier molecular flexibility index (Phi) is 11.2. The fourth-order valence-corrected chi connectivity index (χ4v) is 1.39. The molecule has 1 unspecified atom stereocenters. The van der Waals surface area contributed by atoms with Gasteiger partial charge in [0.2, 0.25) is 0 Å². The molecule has 3 nitrogen and oxygen atoms in total. The quantitative estimate of drug-likeness (QED) is 0.355. The first-order chi connectivity index (χ1) is 8.66. The maximum Gasteiger partial charge on any atom is 0.303 e. The summed E-state index contributed by atoms with van der Waals surface area (Å²) in [7, 11) is 0. The lowest BCUT2D eigenvalue weighted by atomic mass is 10.2. The van der Waals surface area contributed by atoms with Gasteiger partial charge in [-0.3, -0.25) is 4.79 Å². The van der Waals surface area contributed by atoms with Crippen molar-refractivity contribution in [2.45, 2.75) is 51.6 Å². The Balaban J connectivity index is 3.55. The molecule has 18 heavy (non-hydrogen) atoms. The van der Waals surface area contributed by atoms with Crippen LogP contribution in [0.1, 0.15) is 45.4 Å². The van der Waals surface area contributed by atoms with Gasteiger partial charge >= 0.3 is 5.97 Å². The normalized spacial score (nSPS) is 13.9. The van der Waals surface area contributed by atoms with E-state index in [2.05, 4.69) is 6.92 Å². The van der Waals surface area contributed by atoms with Gasteiger partial charge in [0.1, 0.15) is 0 Å². The van der Waals surface area contributed by atoms with Gasteiger partial charge in [-0.1, -0.05) is 43.4 Å². The van der Waals surface area contributed by atoms with E-state index in [1.54, 1.807) is 6.08 Å². The number of aliphatic hydroxyl groups is 1. The van der Waals surface area contributed by atoms with Gasteiger partial charge in [0.25, 0.3) is 0 Å². The van der Waals surface area contributed by atoms with E-state index in [4.69, 9.17) is 5.11 Å². The second-order valence-electron chi connectivity index (χ2n) is 4.14. The molecule has 0 heterocycles. The van der Waals surface area contributed by atoms with E-state index >= 15 is 0 Å². The Labute approximate surface area is 110 Å². The molecule has 0 aliphatic carbocycles.